The van der Waals surface area contributed by atoms with Crippen molar-refractivity contribution in [3.05, 3.63) is 218 Å². The minimum atomic E-state index is 0.606. The molecule has 0 saturated heterocycles. The zero-order chi connectivity index (χ0) is 39.1. The van der Waals surface area contributed by atoms with E-state index in [-0.39, 0.29) is 0 Å². The number of benzene rings is 9. The molecule has 4 heteroatoms. The van der Waals surface area contributed by atoms with Gasteiger partial charge in [-0.2, -0.15) is 0 Å². The first-order valence-corrected chi connectivity index (χ1v) is 19.9. The minimum Gasteiger partial charge on any atom is -0.309 e. The first kappa shape index (κ1) is 34.3. The predicted octanol–water partition coefficient (Wildman–Crippen LogP) is 14.1. The molecule has 0 atom stereocenters. The van der Waals surface area contributed by atoms with Crippen molar-refractivity contribution in [2.24, 2.45) is 0 Å². The number of hydrogen-bond acceptors (Lipinski definition) is 3. The number of hydrogen-bond donors (Lipinski definition) is 0. The molecule has 9 aromatic carbocycles. The molecule has 2 heterocycles. The Hall–Kier alpha value is -7.95. The van der Waals surface area contributed by atoms with E-state index in [0.717, 1.165) is 61.1 Å². The number of fused-ring (bicyclic) bond motifs is 4. The molecule has 0 aliphatic rings. The summed E-state index contributed by atoms with van der Waals surface area (Å²) in [5.74, 6) is 1.85. The lowest BCUT2D eigenvalue weighted by Crippen LogP contribution is -2.02. The third-order valence-corrected chi connectivity index (χ3v) is 11.2. The van der Waals surface area contributed by atoms with Gasteiger partial charge < -0.3 is 4.57 Å². The molecule has 0 unspecified atom stereocenters. The van der Waals surface area contributed by atoms with E-state index in [1.54, 1.807) is 0 Å². The Morgan fingerprint density at radius 3 is 1.46 bits per heavy atom. The van der Waals surface area contributed by atoms with Gasteiger partial charge in [-0.1, -0.05) is 182 Å². The van der Waals surface area contributed by atoms with E-state index >= 15 is 0 Å². The monoisotopic (exact) mass is 752 g/mol. The Labute approximate surface area is 342 Å². The maximum atomic E-state index is 5.31. The third-order valence-electron chi connectivity index (χ3n) is 11.2. The highest BCUT2D eigenvalue weighted by Gasteiger charge is 2.20. The van der Waals surface area contributed by atoms with Crippen molar-refractivity contribution in [2.75, 3.05) is 0 Å². The van der Waals surface area contributed by atoms with Gasteiger partial charge in [-0.25, -0.2) is 15.0 Å². The van der Waals surface area contributed by atoms with Crippen molar-refractivity contribution in [1.29, 1.82) is 0 Å². The molecule has 0 bridgehead atoms. The van der Waals surface area contributed by atoms with E-state index in [2.05, 4.69) is 205 Å². The zero-order valence-corrected chi connectivity index (χ0v) is 32.1. The first-order valence-electron chi connectivity index (χ1n) is 19.9. The van der Waals surface area contributed by atoms with Crippen LogP contribution in [-0.4, -0.2) is 19.5 Å². The van der Waals surface area contributed by atoms with Crippen LogP contribution >= 0.6 is 0 Å². The Morgan fingerprint density at radius 1 is 0.271 bits per heavy atom. The van der Waals surface area contributed by atoms with Crippen LogP contribution in [0.1, 0.15) is 0 Å². The maximum Gasteiger partial charge on any atom is 0.164 e. The molecule has 0 amide bonds. The molecule has 0 N–H and O–H groups in total. The smallest absolute Gasteiger partial charge is 0.164 e. The summed E-state index contributed by atoms with van der Waals surface area (Å²) in [6.45, 7) is 0. The van der Waals surface area contributed by atoms with Crippen LogP contribution in [0.3, 0.4) is 0 Å². The summed E-state index contributed by atoms with van der Waals surface area (Å²) in [4.78, 5) is 15.7. The molecule has 11 rings (SSSR count). The van der Waals surface area contributed by atoms with Crippen LogP contribution in [0.2, 0.25) is 0 Å². The third kappa shape index (κ3) is 6.24. The summed E-state index contributed by atoms with van der Waals surface area (Å²) in [7, 11) is 0. The highest BCUT2D eigenvalue weighted by Crippen LogP contribution is 2.40. The average Bonchev–Trinajstić information content (AvgIpc) is 3.66. The van der Waals surface area contributed by atoms with Crippen LogP contribution in [0.15, 0.2) is 218 Å². The van der Waals surface area contributed by atoms with Crippen molar-refractivity contribution in [2.45, 2.75) is 0 Å². The fourth-order valence-corrected chi connectivity index (χ4v) is 8.43. The molecule has 0 radical (unpaired) electrons. The number of aromatic nitrogens is 4. The highest BCUT2D eigenvalue weighted by atomic mass is 15.0. The minimum absolute atomic E-state index is 0.606. The molecule has 276 valence electrons. The SMILES string of the molecule is c1ccc(-c2cccc(-c3ccc(-c4nc(-c5ccccc5)nc(-c5cc(-c6ccccc6)c6ccccc6c5)n4)cc3-n3c4ccccc4c4ccccc43)c2)cc1. The van der Waals surface area contributed by atoms with E-state index in [1.807, 2.05) is 18.2 Å². The van der Waals surface area contributed by atoms with Crippen LogP contribution in [-0.2, 0) is 0 Å². The molecule has 0 fully saturated rings. The number of rotatable bonds is 7. The normalized spacial score (nSPS) is 11.4. The molecule has 0 aliphatic heterocycles. The standard InChI is InChI=1S/C55H36N4/c1-4-17-37(18-5-1)40-24-16-25-42(33-40)46-32-31-43(36-52(46)59-50-29-14-12-27-47(50)48-28-13-15-30-51(48)59)54-56-53(39-21-8-3-9-22-39)57-55(58-54)44-34-41-23-10-11-26-45(41)49(35-44)38-19-6-2-7-20-38/h1-36H. The van der Waals surface area contributed by atoms with Gasteiger partial charge in [0.25, 0.3) is 0 Å². The second kappa shape index (κ2) is 14.5. The molecule has 4 nitrogen and oxygen atoms in total. The molecule has 0 spiro atoms. The van der Waals surface area contributed by atoms with Gasteiger partial charge in [0.05, 0.1) is 16.7 Å². The lowest BCUT2D eigenvalue weighted by atomic mass is 9.95. The quantitative estimate of drug-likeness (QED) is 0.163. The van der Waals surface area contributed by atoms with Crippen molar-refractivity contribution in [3.8, 4) is 73.2 Å². The summed E-state index contributed by atoms with van der Waals surface area (Å²) in [6.07, 6.45) is 0. The van der Waals surface area contributed by atoms with Gasteiger partial charge in [-0.3, -0.25) is 0 Å². The topological polar surface area (TPSA) is 43.6 Å². The molecular weight excluding hydrogens is 717 g/mol. The van der Waals surface area contributed by atoms with Gasteiger partial charge in [0, 0.05) is 33.0 Å². The largest absolute Gasteiger partial charge is 0.309 e. The highest BCUT2D eigenvalue weighted by molar-refractivity contribution is 6.10. The van der Waals surface area contributed by atoms with E-state index in [1.165, 1.54) is 27.3 Å². The summed E-state index contributed by atoms with van der Waals surface area (Å²) in [6, 6.07) is 77.1. The Bertz CT molecular complexity index is 3260. The van der Waals surface area contributed by atoms with Crippen LogP contribution in [0.25, 0.3) is 106 Å². The maximum absolute atomic E-state index is 5.31. The second-order valence-electron chi connectivity index (χ2n) is 14.8. The first-order chi connectivity index (χ1) is 29.2. The van der Waals surface area contributed by atoms with E-state index in [4.69, 9.17) is 15.0 Å². The fourth-order valence-electron chi connectivity index (χ4n) is 8.43. The zero-order valence-electron chi connectivity index (χ0n) is 32.1. The fraction of sp³-hybridized carbons (Fsp3) is 0. The lowest BCUT2D eigenvalue weighted by molar-refractivity contribution is 1.07. The Kier molecular flexibility index (Phi) is 8.45. The summed E-state index contributed by atoms with van der Waals surface area (Å²) in [5.41, 5.74) is 12.9. The number of nitrogens with zero attached hydrogens (tertiary/aromatic N) is 4. The molecule has 11 aromatic rings. The molecule has 0 aliphatic carbocycles. The van der Waals surface area contributed by atoms with Crippen LogP contribution in [0.5, 0.6) is 0 Å². The van der Waals surface area contributed by atoms with E-state index in [0.29, 0.717) is 17.5 Å². The Morgan fingerprint density at radius 2 is 0.780 bits per heavy atom. The van der Waals surface area contributed by atoms with Crippen molar-refractivity contribution < 1.29 is 0 Å². The van der Waals surface area contributed by atoms with Crippen molar-refractivity contribution in [3.63, 3.8) is 0 Å². The molecular formula is C55H36N4. The van der Waals surface area contributed by atoms with Crippen LogP contribution in [0.4, 0.5) is 0 Å². The number of para-hydroxylation sites is 2. The van der Waals surface area contributed by atoms with Gasteiger partial charge in [0.15, 0.2) is 17.5 Å². The van der Waals surface area contributed by atoms with E-state index < -0.39 is 0 Å². The summed E-state index contributed by atoms with van der Waals surface area (Å²) >= 11 is 0. The molecule has 59 heavy (non-hydrogen) atoms. The van der Waals surface area contributed by atoms with Crippen LogP contribution < -0.4 is 0 Å². The molecule has 0 saturated carbocycles. The van der Waals surface area contributed by atoms with E-state index in [9.17, 15) is 0 Å². The van der Waals surface area contributed by atoms with Gasteiger partial charge in [0.2, 0.25) is 0 Å². The predicted molar refractivity (Wildman–Crippen MR) is 244 cm³/mol. The average molecular weight is 753 g/mol. The summed E-state index contributed by atoms with van der Waals surface area (Å²) in [5, 5.41) is 4.72. The van der Waals surface area contributed by atoms with Gasteiger partial charge in [0.1, 0.15) is 0 Å². The van der Waals surface area contributed by atoms with Gasteiger partial charge >= 0.3 is 0 Å². The molecule has 2 aromatic heterocycles. The summed E-state index contributed by atoms with van der Waals surface area (Å²) < 4.78 is 2.40. The Balaban J connectivity index is 1.16. The second-order valence-corrected chi connectivity index (χ2v) is 14.8. The van der Waals surface area contributed by atoms with Gasteiger partial charge in [-0.15, -0.1) is 0 Å². The van der Waals surface area contributed by atoms with Gasteiger partial charge in [-0.05, 0) is 75.0 Å². The van der Waals surface area contributed by atoms with Crippen molar-refractivity contribution in [1.82, 2.24) is 19.5 Å². The van der Waals surface area contributed by atoms with Crippen LogP contribution in [0, 0.1) is 0 Å². The van der Waals surface area contributed by atoms with Crippen molar-refractivity contribution >= 4 is 32.6 Å². The lowest BCUT2D eigenvalue weighted by Gasteiger charge is -2.17.